The van der Waals surface area contributed by atoms with Gasteiger partial charge in [-0.2, -0.15) is 0 Å². The van der Waals surface area contributed by atoms with E-state index in [1.54, 1.807) is 13.0 Å². The first-order valence-electron chi connectivity index (χ1n) is 3.67. The number of nitrogens with two attached hydrogens (primary N) is 1. The van der Waals surface area contributed by atoms with Gasteiger partial charge in [0.1, 0.15) is 0 Å². The molecule has 11 heavy (non-hydrogen) atoms. The molecule has 0 saturated heterocycles. The molecule has 64 valence electrons. The molecule has 0 aromatic rings. The minimum absolute atomic E-state index is 0.0347. The molecule has 1 atom stereocenters. The van der Waals surface area contributed by atoms with Gasteiger partial charge < -0.3 is 10.5 Å². The number of carbonyl (C=O) groups excluding carboxylic acids is 1. The van der Waals surface area contributed by atoms with E-state index in [1.165, 1.54) is 0 Å². The maximum atomic E-state index is 10.5. The number of hydrogen-bond acceptors (Lipinski definition) is 2. The third kappa shape index (κ3) is 4.56. The van der Waals surface area contributed by atoms with Crippen LogP contribution < -0.4 is 5.73 Å². The summed E-state index contributed by atoms with van der Waals surface area (Å²) in [5.41, 5.74) is 5.56. The van der Waals surface area contributed by atoms with Gasteiger partial charge in [-0.3, -0.25) is 4.79 Å². The Morgan fingerprint density at radius 3 is 2.64 bits per heavy atom. The predicted octanol–water partition coefficient (Wildman–Crippen LogP) is 0.843. The first-order chi connectivity index (χ1) is 5.07. The van der Waals surface area contributed by atoms with Crippen molar-refractivity contribution in [1.82, 2.24) is 0 Å². The topological polar surface area (TPSA) is 52.3 Å². The van der Waals surface area contributed by atoms with E-state index in [1.807, 2.05) is 13.8 Å². The smallest absolute Gasteiger partial charge is 0.244 e. The van der Waals surface area contributed by atoms with E-state index < -0.39 is 5.91 Å². The van der Waals surface area contributed by atoms with Crippen molar-refractivity contribution < 1.29 is 9.53 Å². The van der Waals surface area contributed by atoms with E-state index in [0.29, 0.717) is 12.2 Å². The van der Waals surface area contributed by atoms with Gasteiger partial charge in [0.2, 0.25) is 5.91 Å². The Morgan fingerprint density at radius 1 is 1.73 bits per heavy atom. The second-order valence-electron chi connectivity index (χ2n) is 2.37. The summed E-state index contributed by atoms with van der Waals surface area (Å²) in [5, 5.41) is 0. The van der Waals surface area contributed by atoms with Crippen molar-refractivity contribution in [3.05, 3.63) is 11.6 Å². The lowest BCUT2D eigenvalue weighted by atomic mass is 10.2. The minimum atomic E-state index is -0.392. The lowest BCUT2D eigenvalue weighted by Gasteiger charge is -2.06. The molecule has 3 heteroatoms. The average Bonchev–Trinajstić information content (AvgIpc) is 1.87. The van der Waals surface area contributed by atoms with Gasteiger partial charge in [-0.15, -0.1) is 0 Å². The van der Waals surface area contributed by atoms with Crippen LogP contribution in [-0.2, 0) is 9.53 Å². The summed E-state index contributed by atoms with van der Waals surface area (Å²) in [6.45, 7) is 6.10. The summed E-state index contributed by atoms with van der Waals surface area (Å²) in [7, 11) is 0. The number of primary amides is 1. The van der Waals surface area contributed by atoms with Gasteiger partial charge in [-0.1, -0.05) is 0 Å². The van der Waals surface area contributed by atoms with Crippen LogP contribution in [0.2, 0.25) is 0 Å². The highest BCUT2D eigenvalue weighted by molar-refractivity contribution is 5.91. The maximum Gasteiger partial charge on any atom is 0.244 e. The summed E-state index contributed by atoms with van der Waals surface area (Å²) in [6, 6.07) is 0. The first-order valence-corrected chi connectivity index (χ1v) is 3.67. The van der Waals surface area contributed by atoms with E-state index in [2.05, 4.69) is 0 Å². The summed E-state index contributed by atoms with van der Waals surface area (Å²) in [5.74, 6) is -0.392. The Labute approximate surface area is 67.2 Å². The summed E-state index contributed by atoms with van der Waals surface area (Å²) in [4.78, 5) is 10.5. The molecular formula is C8H15NO2. The first kappa shape index (κ1) is 10.2. The van der Waals surface area contributed by atoms with Gasteiger partial charge in [0.05, 0.1) is 6.10 Å². The van der Waals surface area contributed by atoms with Gasteiger partial charge >= 0.3 is 0 Å². The molecule has 0 fully saturated rings. The molecule has 0 spiro atoms. The van der Waals surface area contributed by atoms with Gasteiger partial charge in [0, 0.05) is 12.2 Å². The average molecular weight is 157 g/mol. The zero-order chi connectivity index (χ0) is 8.85. The SMILES string of the molecule is CCOC(C)/C=C(/C)C(N)=O. The lowest BCUT2D eigenvalue weighted by Crippen LogP contribution is -2.14. The molecular weight excluding hydrogens is 142 g/mol. The quantitative estimate of drug-likeness (QED) is 0.615. The second kappa shape index (κ2) is 4.91. The minimum Gasteiger partial charge on any atom is -0.375 e. The monoisotopic (exact) mass is 157 g/mol. The highest BCUT2D eigenvalue weighted by Gasteiger charge is 2.00. The Hall–Kier alpha value is -0.830. The van der Waals surface area contributed by atoms with Crippen LogP contribution in [0.25, 0.3) is 0 Å². The Kier molecular flexibility index (Phi) is 4.54. The summed E-state index contributed by atoms with van der Waals surface area (Å²) >= 11 is 0. The number of amides is 1. The number of rotatable bonds is 4. The molecule has 0 rings (SSSR count). The van der Waals surface area contributed by atoms with Gasteiger partial charge in [0.25, 0.3) is 0 Å². The zero-order valence-electron chi connectivity index (χ0n) is 7.26. The molecule has 0 radical (unpaired) electrons. The fourth-order valence-electron chi connectivity index (χ4n) is 0.745. The largest absolute Gasteiger partial charge is 0.375 e. The number of ether oxygens (including phenoxy) is 1. The van der Waals surface area contributed by atoms with Crippen molar-refractivity contribution in [1.29, 1.82) is 0 Å². The Bertz CT molecular complexity index is 163. The van der Waals surface area contributed by atoms with Crippen molar-refractivity contribution in [3.63, 3.8) is 0 Å². The van der Waals surface area contributed by atoms with Gasteiger partial charge in [0.15, 0.2) is 0 Å². The third-order valence-electron chi connectivity index (χ3n) is 1.30. The zero-order valence-corrected chi connectivity index (χ0v) is 7.26. The number of carbonyl (C=O) groups is 1. The molecule has 0 aromatic carbocycles. The second-order valence-corrected chi connectivity index (χ2v) is 2.37. The Morgan fingerprint density at radius 2 is 2.27 bits per heavy atom. The van der Waals surface area contributed by atoms with Crippen LogP contribution in [0.15, 0.2) is 11.6 Å². The molecule has 3 nitrogen and oxygen atoms in total. The van der Waals surface area contributed by atoms with Crippen molar-refractivity contribution in [2.45, 2.75) is 26.9 Å². The third-order valence-corrected chi connectivity index (χ3v) is 1.30. The van der Waals surface area contributed by atoms with Crippen molar-refractivity contribution in [2.24, 2.45) is 5.73 Å². The maximum absolute atomic E-state index is 10.5. The normalized spacial score (nSPS) is 14.6. The fraction of sp³-hybridized carbons (Fsp3) is 0.625. The van der Waals surface area contributed by atoms with Crippen LogP contribution >= 0.6 is 0 Å². The molecule has 0 heterocycles. The molecule has 0 aliphatic rings. The van der Waals surface area contributed by atoms with E-state index in [-0.39, 0.29) is 6.10 Å². The van der Waals surface area contributed by atoms with Gasteiger partial charge in [-0.25, -0.2) is 0 Å². The standard InChI is InChI=1S/C8H15NO2/c1-4-11-7(3)5-6(2)8(9)10/h5,7H,4H2,1-3H3,(H2,9,10)/b6-5-. The predicted molar refractivity (Wildman–Crippen MR) is 44.0 cm³/mol. The summed E-state index contributed by atoms with van der Waals surface area (Å²) < 4.78 is 5.18. The van der Waals surface area contributed by atoms with Crippen molar-refractivity contribution in [2.75, 3.05) is 6.61 Å². The molecule has 2 N–H and O–H groups in total. The van der Waals surface area contributed by atoms with Crippen LogP contribution in [0.3, 0.4) is 0 Å². The molecule has 0 aromatic heterocycles. The van der Waals surface area contributed by atoms with Crippen LogP contribution in [-0.4, -0.2) is 18.6 Å². The van der Waals surface area contributed by atoms with Crippen LogP contribution in [0.5, 0.6) is 0 Å². The van der Waals surface area contributed by atoms with Gasteiger partial charge in [-0.05, 0) is 26.8 Å². The van der Waals surface area contributed by atoms with Crippen LogP contribution in [0.1, 0.15) is 20.8 Å². The van der Waals surface area contributed by atoms with Crippen molar-refractivity contribution in [3.8, 4) is 0 Å². The Balaban J connectivity index is 3.96. The summed E-state index contributed by atoms with van der Waals surface area (Å²) in [6.07, 6.45) is 1.68. The van der Waals surface area contributed by atoms with Crippen LogP contribution in [0.4, 0.5) is 0 Å². The van der Waals surface area contributed by atoms with E-state index in [9.17, 15) is 4.79 Å². The highest BCUT2D eigenvalue weighted by atomic mass is 16.5. The molecule has 0 saturated carbocycles. The molecule has 0 aliphatic heterocycles. The van der Waals surface area contributed by atoms with E-state index in [4.69, 9.17) is 10.5 Å². The van der Waals surface area contributed by atoms with Crippen LogP contribution in [0, 0.1) is 0 Å². The molecule has 0 aliphatic carbocycles. The highest BCUT2D eigenvalue weighted by Crippen LogP contribution is 1.98. The van der Waals surface area contributed by atoms with Crippen molar-refractivity contribution >= 4 is 5.91 Å². The number of hydrogen-bond donors (Lipinski definition) is 1. The molecule has 1 unspecified atom stereocenters. The fourth-order valence-corrected chi connectivity index (χ4v) is 0.745. The lowest BCUT2D eigenvalue weighted by molar-refractivity contribution is -0.114. The van der Waals surface area contributed by atoms with E-state index >= 15 is 0 Å². The van der Waals surface area contributed by atoms with E-state index in [0.717, 1.165) is 0 Å². The molecule has 1 amide bonds. The molecule has 0 bridgehead atoms.